The molecule has 2 aromatic carbocycles. The molecule has 0 aliphatic carbocycles. The molecule has 2 heterocycles. The van der Waals surface area contributed by atoms with Gasteiger partial charge in [0.2, 0.25) is 0 Å². The molecule has 0 aliphatic heterocycles. The topological polar surface area (TPSA) is 25.8 Å². The smallest absolute Gasteiger partial charge is 0.0705 e. The number of hydrogen-bond donors (Lipinski definition) is 0. The molecule has 0 N–H and O–H groups in total. The van der Waals surface area contributed by atoms with E-state index in [1.807, 2.05) is 12.1 Å². The fraction of sp³-hybridized carbons (Fsp3) is 0.120. The predicted octanol–water partition coefficient (Wildman–Crippen LogP) is 5.99. The Morgan fingerprint density at radius 1 is 0.444 bits per heavy atom. The van der Waals surface area contributed by atoms with E-state index >= 15 is 0 Å². The molecule has 0 amide bonds. The molecule has 132 valence electrons. The molecule has 0 aliphatic rings. The molecule has 0 fully saturated rings. The van der Waals surface area contributed by atoms with Gasteiger partial charge in [-0.3, -0.25) is 9.97 Å². The van der Waals surface area contributed by atoms with Gasteiger partial charge < -0.3 is 0 Å². The lowest BCUT2D eigenvalue weighted by molar-refractivity contribution is 0.783. The van der Waals surface area contributed by atoms with E-state index in [1.54, 1.807) is 0 Å². The van der Waals surface area contributed by atoms with Crippen molar-refractivity contribution in [1.82, 2.24) is 9.97 Å². The van der Waals surface area contributed by atoms with Gasteiger partial charge in [-0.05, 0) is 43.5 Å². The third kappa shape index (κ3) is 4.48. The Bertz CT molecular complexity index is 912. The van der Waals surface area contributed by atoms with Crippen LogP contribution in [0.3, 0.4) is 0 Å². The van der Waals surface area contributed by atoms with Crippen LogP contribution in [0.15, 0.2) is 97.1 Å². The van der Waals surface area contributed by atoms with Gasteiger partial charge in [-0.1, -0.05) is 72.8 Å². The Kier molecular flexibility index (Phi) is 5.35. The van der Waals surface area contributed by atoms with Crippen LogP contribution < -0.4 is 0 Å². The molecular weight excluding hydrogens is 328 g/mol. The Balaban J connectivity index is 1.41. The van der Waals surface area contributed by atoms with Gasteiger partial charge in [0, 0.05) is 22.5 Å². The van der Waals surface area contributed by atoms with Crippen LogP contribution in [0.5, 0.6) is 0 Å². The van der Waals surface area contributed by atoms with E-state index in [9.17, 15) is 0 Å². The maximum atomic E-state index is 4.82. The van der Waals surface area contributed by atoms with Crippen LogP contribution in [0.1, 0.15) is 17.8 Å². The number of nitrogens with zero attached hydrogens (tertiary/aromatic N) is 2. The van der Waals surface area contributed by atoms with E-state index in [4.69, 9.17) is 9.97 Å². The van der Waals surface area contributed by atoms with Crippen molar-refractivity contribution >= 4 is 0 Å². The van der Waals surface area contributed by atoms with Crippen LogP contribution in [0, 0.1) is 0 Å². The molecule has 0 atom stereocenters. The molecule has 0 radical (unpaired) electrons. The van der Waals surface area contributed by atoms with Crippen molar-refractivity contribution in [1.29, 1.82) is 0 Å². The molecule has 0 bridgehead atoms. The molecule has 4 rings (SSSR count). The number of pyridine rings is 2. The third-order valence-corrected chi connectivity index (χ3v) is 4.62. The number of aromatic nitrogens is 2. The predicted molar refractivity (Wildman–Crippen MR) is 111 cm³/mol. The third-order valence-electron chi connectivity index (χ3n) is 4.62. The van der Waals surface area contributed by atoms with Crippen LogP contribution in [0.2, 0.25) is 0 Å². The summed E-state index contributed by atoms with van der Waals surface area (Å²) in [5.41, 5.74) is 6.67. The highest BCUT2D eigenvalue weighted by Crippen LogP contribution is 2.19. The van der Waals surface area contributed by atoms with Gasteiger partial charge in [0.15, 0.2) is 0 Å². The van der Waals surface area contributed by atoms with E-state index in [1.165, 1.54) is 0 Å². The van der Waals surface area contributed by atoms with Gasteiger partial charge in [0.05, 0.1) is 11.4 Å². The summed E-state index contributed by atoms with van der Waals surface area (Å²) in [5.74, 6) is 0. The Labute approximate surface area is 160 Å². The Morgan fingerprint density at radius 3 is 1.33 bits per heavy atom. The zero-order chi connectivity index (χ0) is 18.3. The first-order valence-electron chi connectivity index (χ1n) is 9.41. The average Bonchev–Trinajstić information content (AvgIpc) is 2.75. The van der Waals surface area contributed by atoms with Crippen LogP contribution in [-0.2, 0) is 12.8 Å². The summed E-state index contributed by atoms with van der Waals surface area (Å²) in [7, 11) is 0. The van der Waals surface area contributed by atoms with Gasteiger partial charge in [0.25, 0.3) is 0 Å². The molecule has 0 unspecified atom stereocenters. The van der Waals surface area contributed by atoms with E-state index in [-0.39, 0.29) is 0 Å². The molecule has 27 heavy (non-hydrogen) atoms. The molecule has 2 aromatic heterocycles. The van der Waals surface area contributed by atoms with Crippen molar-refractivity contribution in [3.05, 3.63) is 108 Å². The van der Waals surface area contributed by atoms with Crippen LogP contribution in [0.4, 0.5) is 0 Å². The number of hydrogen-bond acceptors (Lipinski definition) is 2. The molecule has 0 saturated heterocycles. The lowest BCUT2D eigenvalue weighted by Crippen LogP contribution is -1.97. The minimum Gasteiger partial charge on any atom is -0.253 e. The summed E-state index contributed by atoms with van der Waals surface area (Å²) in [6.45, 7) is 0. The van der Waals surface area contributed by atoms with E-state index < -0.39 is 0 Å². The zero-order valence-electron chi connectivity index (χ0n) is 15.3. The molecular formula is C25H22N2. The normalized spacial score (nSPS) is 10.7. The molecule has 0 spiro atoms. The summed E-state index contributed by atoms with van der Waals surface area (Å²) in [4.78, 5) is 9.64. The van der Waals surface area contributed by atoms with Crippen molar-refractivity contribution < 1.29 is 0 Å². The molecule has 2 nitrogen and oxygen atoms in total. The summed E-state index contributed by atoms with van der Waals surface area (Å²) >= 11 is 0. The van der Waals surface area contributed by atoms with Crippen LogP contribution in [0.25, 0.3) is 22.5 Å². The van der Waals surface area contributed by atoms with Crippen molar-refractivity contribution in [3.63, 3.8) is 0 Å². The highest BCUT2D eigenvalue weighted by molar-refractivity contribution is 5.59. The number of aryl methyl sites for hydroxylation is 2. The van der Waals surface area contributed by atoms with Crippen molar-refractivity contribution in [2.45, 2.75) is 19.3 Å². The lowest BCUT2D eigenvalue weighted by Gasteiger charge is -2.06. The fourth-order valence-electron chi connectivity index (χ4n) is 3.23. The maximum Gasteiger partial charge on any atom is 0.0705 e. The number of rotatable bonds is 6. The van der Waals surface area contributed by atoms with Crippen molar-refractivity contribution in [2.75, 3.05) is 0 Å². The second-order valence-electron chi connectivity index (χ2n) is 6.61. The zero-order valence-corrected chi connectivity index (χ0v) is 15.3. The second kappa shape index (κ2) is 8.41. The van der Waals surface area contributed by atoms with E-state index in [2.05, 4.69) is 84.9 Å². The van der Waals surface area contributed by atoms with Crippen molar-refractivity contribution in [3.8, 4) is 22.5 Å². The monoisotopic (exact) mass is 350 g/mol. The summed E-state index contributed by atoms with van der Waals surface area (Å²) in [6, 6.07) is 33.2. The van der Waals surface area contributed by atoms with Crippen LogP contribution >= 0.6 is 0 Å². The lowest BCUT2D eigenvalue weighted by atomic mass is 10.1. The first kappa shape index (κ1) is 17.2. The van der Waals surface area contributed by atoms with Crippen molar-refractivity contribution in [2.24, 2.45) is 0 Å². The fourth-order valence-corrected chi connectivity index (χ4v) is 3.23. The first-order chi connectivity index (χ1) is 13.4. The summed E-state index contributed by atoms with van der Waals surface area (Å²) in [6.07, 6.45) is 2.95. The molecule has 2 heteroatoms. The van der Waals surface area contributed by atoms with E-state index in [0.717, 1.165) is 53.2 Å². The summed E-state index contributed by atoms with van der Waals surface area (Å²) < 4.78 is 0. The van der Waals surface area contributed by atoms with Gasteiger partial charge in [0.1, 0.15) is 0 Å². The quantitative estimate of drug-likeness (QED) is 0.427. The largest absolute Gasteiger partial charge is 0.253 e. The Hall–Kier alpha value is -3.26. The first-order valence-corrected chi connectivity index (χ1v) is 9.41. The maximum absolute atomic E-state index is 4.82. The van der Waals surface area contributed by atoms with Gasteiger partial charge in [-0.15, -0.1) is 0 Å². The SMILES string of the molecule is c1ccc(-c2cccc(CCCc3cccc(-c4ccccc4)n3)n2)cc1. The summed E-state index contributed by atoms with van der Waals surface area (Å²) in [5, 5.41) is 0. The minimum absolute atomic E-state index is 0.956. The van der Waals surface area contributed by atoms with Crippen LogP contribution in [-0.4, -0.2) is 9.97 Å². The van der Waals surface area contributed by atoms with Gasteiger partial charge >= 0.3 is 0 Å². The minimum atomic E-state index is 0.956. The highest BCUT2D eigenvalue weighted by atomic mass is 14.7. The highest BCUT2D eigenvalue weighted by Gasteiger charge is 2.03. The van der Waals surface area contributed by atoms with Gasteiger partial charge in [-0.25, -0.2) is 0 Å². The number of benzene rings is 2. The molecule has 0 saturated carbocycles. The standard InChI is InChI=1S/C25H22N2/c1-3-10-20(11-4-1)24-18-8-16-22(26-24)14-7-15-23-17-9-19-25(27-23)21-12-5-2-6-13-21/h1-6,8-13,16-19H,7,14-15H2. The second-order valence-corrected chi connectivity index (χ2v) is 6.61. The Morgan fingerprint density at radius 2 is 0.889 bits per heavy atom. The van der Waals surface area contributed by atoms with Gasteiger partial charge in [-0.2, -0.15) is 0 Å². The average molecular weight is 350 g/mol. The molecule has 4 aromatic rings. The van der Waals surface area contributed by atoms with E-state index in [0.29, 0.717) is 0 Å².